The molecule has 120 valence electrons. The van der Waals surface area contributed by atoms with Gasteiger partial charge in [0.05, 0.1) is 12.3 Å². The van der Waals surface area contributed by atoms with E-state index in [0.717, 1.165) is 41.5 Å². The normalized spacial score (nSPS) is 11.0. The second-order valence-electron chi connectivity index (χ2n) is 5.46. The van der Waals surface area contributed by atoms with Crippen molar-refractivity contribution < 1.29 is 9.53 Å². The minimum absolute atomic E-state index is 0.350. The Bertz CT molecular complexity index is 817. The van der Waals surface area contributed by atoms with E-state index in [4.69, 9.17) is 4.74 Å². The number of carbonyl (C=O) groups is 1. The molecule has 5 heteroatoms. The first-order valence-electron chi connectivity index (χ1n) is 8.06. The number of rotatable bonds is 6. The van der Waals surface area contributed by atoms with Crippen LogP contribution in [0.1, 0.15) is 37.2 Å². The molecular formula is C18H21N3O2. The predicted octanol–water partition coefficient (Wildman–Crippen LogP) is 4.01. The molecule has 2 aromatic heterocycles. The number of unbranched alkanes of at least 4 members (excludes halogenated alkanes) is 1. The largest absolute Gasteiger partial charge is 0.461 e. The van der Waals surface area contributed by atoms with Gasteiger partial charge < -0.3 is 9.72 Å². The number of ether oxygens (including phenoxy) is 1. The van der Waals surface area contributed by atoms with Gasteiger partial charge in [-0.3, -0.25) is 4.68 Å². The molecule has 3 rings (SSSR count). The molecule has 0 radical (unpaired) electrons. The molecule has 0 spiro atoms. The third kappa shape index (κ3) is 2.99. The van der Waals surface area contributed by atoms with Crippen LogP contribution in [0.25, 0.3) is 22.2 Å². The number of fused-ring (bicyclic) bond motifs is 1. The standard InChI is InChI=1S/C18H21N3O2/c1-3-5-10-21-17(11-16(20-21)18(22)23-4-2)14-12-19-15-9-7-6-8-13(14)15/h6-9,11-12,19H,3-5,10H2,1-2H3. The van der Waals surface area contributed by atoms with E-state index in [-0.39, 0.29) is 5.97 Å². The fourth-order valence-corrected chi connectivity index (χ4v) is 2.70. The number of H-pyrrole nitrogens is 1. The molecule has 0 unspecified atom stereocenters. The molecular weight excluding hydrogens is 290 g/mol. The van der Waals surface area contributed by atoms with Crippen molar-refractivity contribution in [3.63, 3.8) is 0 Å². The number of nitrogens with one attached hydrogen (secondary N) is 1. The van der Waals surface area contributed by atoms with Crippen LogP contribution >= 0.6 is 0 Å². The zero-order valence-electron chi connectivity index (χ0n) is 13.5. The lowest BCUT2D eigenvalue weighted by molar-refractivity contribution is 0.0518. The van der Waals surface area contributed by atoms with Crippen LogP contribution in [0.15, 0.2) is 36.5 Å². The third-order valence-corrected chi connectivity index (χ3v) is 3.85. The maximum Gasteiger partial charge on any atom is 0.358 e. The Balaban J connectivity index is 2.07. The molecule has 0 atom stereocenters. The highest BCUT2D eigenvalue weighted by molar-refractivity contribution is 5.96. The van der Waals surface area contributed by atoms with E-state index in [9.17, 15) is 4.79 Å². The van der Waals surface area contributed by atoms with Gasteiger partial charge in [0.2, 0.25) is 0 Å². The van der Waals surface area contributed by atoms with E-state index in [0.29, 0.717) is 12.3 Å². The van der Waals surface area contributed by atoms with Crippen LogP contribution in [0.4, 0.5) is 0 Å². The molecule has 0 amide bonds. The van der Waals surface area contributed by atoms with Crippen LogP contribution < -0.4 is 0 Å². The minimum Gasteiger partial charge on any atom is -0.461 e. The summed E-state index contributed by atoms with van der Waals surface area (Å²) >= 11 is 0. The number of carbonyl (C=O) groups excluding carboxylic acids is 1. The van der Waals surface area contributed by atoms with Crippen molar-refractivity contribution in [2.45, 2.75) is 33.2 Å². The Morgan fingerprint density at radius 3 is 2.91 bits per heavy atom. The number of para-hydroxylation sites is 1. The monoisotopic (exact) mass is 311 g/mol. The fraction of sp³-hybridized carbons (Fsp3) is 0.333. The molecule has 0 aliphatic heterocycles. The van der Waals surface area contributed by atoms with Crippen LogP contribution in [-0.2, 0) is 11.3 Å². The van der Waals surface area contributed by atoms with Crippen molar-refractivity contribution in [2.75, 3.05) is 6.61 Å². The summed E-state index contributed by atoms with van der Waals surface area (Å²) in [5, 5.41) is 5.58. The Morgan fingerprint density at radius 1 is 1.30 bits per heavy atom. The number of nitrogens with zero attached hydrogens (tertiary/aromatic N) is 2. The van der Waals surface area contributed by atoms with Gasteiger partial charge in [0.25, 0.3) is 0 Å². The van der Waals surface area contributed by atoms with Gasteiger partial charge in [-0.05, 0) is 25.5 Å². The van der Waals surface area contributed by atoms with Gasteiger partial charge in [-0.2, -0.15) is 5.10 Å². The second-order valence-corrected chi connectivity index (χ2v) is 5.46. The average Bonchev–Trinajstić information content (AvgIpc) is 3.17. The molecule has 1 N–H and O–H groups in total. The summed E-state index contributed by atoms with van der Waals surface area (Å²) in [6.45, 7) is 5.07. The number of hydrogen-bond donors (Lipinski definition) is 1. The number of aromatic nitrogens is 3. The van der Waals surface area contributed by atoms with Crippen LogP contribution in [0.2, 0.25) is 0 Å². The highest BCUT2D eigenvalue weighted by atomic mass is 16.5. The zero-order valence-corrected chi connectivity index (χ0v) is 13.5. The molecule has 23 heavy (non-hydrogen) atoms. The van der Waals surface area contributed by atoms with Gasteiger partial charge in [-0.1, -0.05) is 31.5 Å². The van der Waals surface area contributed by atoms with Gasteiger partial charge in [-0.15, -0.1) is 0 Å². The van der Waals surface area contributed by atoms with E-state index >= 15 is 0 Å². The number of benzene rings is 1. The Morgan fingerprint density at radius 2 is 2.13 bits per heavy atom. The van der Waals surface area contributed by atoms with Crippen LogP contribution in [0.3, 0.4) is 0 Å². The van der Waals surface area contributed by atoms with Crippen molar-refractivity contribution >= 4 is 16.9 Å². The van der Waals surface area contributed by atoms with E-state index in [2.05, 4.69) is 23.1 Å². The highest BCUT2D eigenvalue weighted by Crippen LogP contribution is 2.29. The van der Waals surface area contributed by atoms with Gasteiger partial charge in [0.15, 0.2) is 5.69 Å². The average molecular weight is 311 g/mol. The summed E-state index contributed by atoms with van der Waals surface area (Å²) in [6, 6.07) is 9.95. The van der Waals surface area contributed by atoms with Gasteiger partial charge in [0.1, 0.15) is 0 Å². The molecule has 0 aliphatic rings. The Hall–Kier alpha value is -2.56. The van der Waals surface area contributed by atoms with Crippen molar-refractivity contribution in [1.82, 2.24) is 14.8 Å². The van der Waals surface area contributed by atoms with E-state index < -0.39 is 0 Å². The minimum atomic E-state index is -0.371. The molecule has 5 nitrogen and oxygen atoms in total. The molecule has 3 aromatic rings. The van der Waals surface area contributed by atoms with Crippen LogP contribution in [-0.4, -0.2) is 27.3 Å². The Labute approximate surface area is 135 Å². The fourth-order valence-electron chi connectivity index (χ4n) is 2.70. The number of esters is 1. The highest BCUT2D eigenvalue weighted by Gasteiger charge is 2.18. The number of aromatic amines is 1. The van der Waals surface area contributed by atoms with Crippen molar-refractivity contribution in [2.24, 2.45) is 0 Å². The first-order valence-corrected chi connectivity index (χ1v) is 8.06. The summed E-state index contributed by atoms with van der Waals surface area (Å²) in [5.41, 5.74) is 3.44. The molecule has 1 aromatic carbocycles. The molecule has 0 bridgehead atoms. The van der Waals surface area contributed by atoms with E-state index in [1.54, 1.807) is 6.92 Å². The Kier molecular flexibility index (Phi) is 4.46. The van der Waals surface area contributed by atoms with Gasteiger partial charge in [0, 0.05) is 29.2 Å². The molecule has 0 saturated carbocycles. The van der Waals surface area contributed by atoms with Crippen molar-refractivity contribution in [1.29, 1.82) is 0 Å². The lowest BCUT2D eigenvalue weighted by Crippen LogP contribution is -2.07. The third-order valence-electron chi connectivity index (χ3n) is 3.85. The second kappa shape index (κ2) is 6.69. The number of aryl methyl sites for hydroxylation is 1. The molecule has 0 saturated heterocycles. The summed E-state index contributed by atoms with van der Waals surface area (Å²) < 4.78 is 6.99. The van der Waals surface area contributed by atoms with Gasteiger partial charge >= 0.3 is 5.97 Å². The van der Waals surface area contributed by atoms with Crippen LogP contribution in [0, 0.1) is 0 Å². The topological polar surface area (TPSA) is 59.9 Å². The van der Waals surface area contributed by atoms with E-state index in [1.165, 1.54) is 0 Å². The lowest BCUT2D eigenvalue weighted by atomic mass is 10.1. The SMILES string of the molecule is CCCCn1nc(C(=O)OCC)cc1-c1c[nH]c2ccccc12. The van der Waals surface area contributed by atoms with Crippen molar-refractivity contribution in [3.05, 3.63) is 42.2 Å². The maximum absolute atomic E-state index is 12.0. The van der Waals surface area contributed by atoms with Crippen molar-refractivity contribution in [3.8, 4) is 11.3 Å². The smallest absolute Gasteiger partial charge is 0.358 e. The maximum atomic E-state index is 12.0. The quantitative estimate of drug-likeness (QED) is 0.700. The zero-order chi connectivity index (χ0) is 16.2. The predicted molar refractivity (Wildman–Crippen MR) is 90.4 cm³/mol. The summed E-state index contributed by atoms with van der Waals surface area (Å²) in [4.78, 5) is 15.3. The summed E-state index contributed by atoms with van der Waals surface area (Å²) in [6.07, 6.45) is 4.06. The summed E-state index contributed by atoms with van der Waals surface area (Å²) in [5.74, 6) is -0.371. The lowest BCUT2D eigenvalue weighted by Gasteiger charge is -2.05. The van der Waals surface area contributed by atoms with E-state index in [1.807, 2.05) is 35.1 Å². The molecule has 0 fully saturated rings. The van der Waals surface area contributed by atoms with Crippen LogP contribution in [0.5, 0.6) is 0 Å². The first-order chi connectivity index (χ1) is 11.2. The molecule has 0 aliphatic carbocycles. The van der Waals surface area contributed by atoms with Gasteiger partial charge in [-0.25, -0.2) is 4.79 Å². The molecule has 2 heterocycles. The first kappa shape index (κ1) is 15.3. The summed E-state index contributed by atoms with van der Waals surface area (Å²) in [7, 11) is 0. The number of hydrogen-bond acceptors (Lipinski definition) is 3.